The van der Waals surface area contributed by atoms with Gasteiger partial charge in [-0.05, 0) is 12.1 Å². The number of pyridine rings is 1. The molecule has 2 aromatic rings. The Morgan fingerprint density at radius 2 is 2.11 bits per heavy atom. The van der Waals surface area contributed by atoms with E-state index in [1.165, 1.54) is 6.20 Å². The highest BCUT2D eigenvalue weighted by Crippen LogP contribution is 2.29. The van der Waals surface area contributed by atoms with Gasteiger partial charge in [0.2, 0.25) is 0 Å². The van der Waals surface area contributed by atoms with E-state index in [1.807, 2.05) is 0 Å². The summed E-state index contributed by atoms with van der Waals surface area (Å²) in [7, 11) is 0. The van der Waals surface area contributed by atoms with E-state index >= 15 is 0 Å². The van der Waals surface area contributed by atoms with Gasteiger partial charge in [-0.15, -0.1) is 0 Å². The van der Waals surface area contributed by atoms with Crippen molar-refractivity contribution in [2.75, 3.05) is 0 Å². The van der Waals surface area contributed by atoms with Crippen molar-refractivity contribution in [2.24, 2.45) is 5.73 Å². The Labute approximate surface area is 105 Å². The molecule has 0 aliphatic rings. The number of hydrogen-bond donors (Lipinski definition) is 1. The van der Waals surface area contributed by atoms with Crippen LogP contribution in [0.3, 0.4) is 0 Å². The minimum atomic E-state index is -4.45. The third-order valence-electron chi connectivity index (χ3n) is 2.18. The van der Waals surface area contributed by atoms with Gasteiger partial charge in [-0.25, -0.2) is 9.67 Å². The Morgan fingerprint density at radius 1 is 1.39 bits per heavy atom. The zero-order valence-corrected chi connectivity index (χ0v) is 9.66. The van der Waals surface area contributed by atoms with Gasteiger partial charge in [0.15, 0.2) is 5.82 Å². The molecule has 0 atom stereocenters. The lowest BCUT2D eigenvalue weighted by Crippen LogP contribution is -2.14. The largest absolute Gasteiger partial charge is 0.419 e. The second-order valence-electron chi connectivity index (χ2n) is 3.41. The number of aromatic nitrogens is 3. The van der Waals surface area contributed by atoms with Crippen LogP contribution in [-0.4, -0.2) is 19.8 Å². The number of nitrogens with zero attached hydrogens (tertiary/aromatic N) is 3. The molecular weight excluding hydrogens is 265 g/mol. The highest BCUT2D eigenvalue weighted by Gasteiger charge is 2.32. The van der Waals surface area contributed by atoms with E-state index in [0.29, 0.717) is 5.56 Å². The van der Waals surface area contributed by atoms with Gasteiger partial charge in [0.25, 0.3) is 0 Å². The second kappa shape index (κ2) is 4.37. The third kappa shape index (κ3) is 2.33. The number of rotatable bonds is 2. The normalized spacial score (nSPS) is 11.5. The van der Waals surface area contributed by atoms with E-state index in [-0.39, 0.29) is 10.8 Å². The fourth-order valence-electron chi connectivity index (χ4n) is 1.36. The first kappa shape index (κ1) is 12.5. The van der Waals surface area contributed by atoms with Crippen molar-refractivity contribution in [3.63, 3.8) is 0 Å². The van der Waals surface area contributed by atoms with E-state index < -0.39 is 11.7 Å². The molecule has 2 aromatic heterocycles. The summed E-state index contributed by atoms with van der Waals surface area (Å²) in [5.74, 6) is 0.167. The predicted octanol–water partition coefficient (Wildman–Crippen LogP) is 1.92. The summed E-state index contributed by atoms with van der Waals surface area (Å²) in [6, 6.07) is 3.16. The lowest BCUT2D eigenvalue weighted by atomic mass is 10.2. The van der Waals surface area contributed by atoms with Crippen LogP contribution in [-0.2, 0) is 6.18 Å². The predicted molar refractivity (Wildman–Crippen MR) is 62.2 cm³/mol. The Morgan fingerprint density at radius 3 is 2.67 bits per heavy atom. The maximum atomic E-state index is 12.5. The van der Waals surface area contributed by atoms with Crippen LogP contribution in [0.1, 0.15) is 11.1 Å². The molecular formula is C10H7F3N4S. The quantitative estimate of drug-likeness (QED) is 0.849. The number of alkyl halides is 3. The van der Waals surface area contributed by atoms with Crippen LogP contribution in [0.15, 0.2) is 30.7 Å². The molecule has 0 aliphatic heterocycles. The molecule has 0 fully saturated rings. The molecule has 0 spiro atoms. The number of thiocarbonyl (C=S) groups is 1. The average molecular weight is 272 g/mol. The lowest BCUT2D eigenvalue weighted by Gasteiger charge is -2.06. The summed E-state index contributed by atoms with van der Waals surface area (Å²) in [6.45, 7) is 0. The highest BCUT2D eigenvalue weighted by molar-refractivity contribution is 7.80. The summed E-state index contributed by atoms with van der Waals surface area (Å²) in [5, 5.41) is 3.61. The molecule has 2 rings (SSSR count). The van der Waals surface area contributed by atoms with Gasteiger partial charge in [-0.2, -0.15) is 18.3 Å². The van der Waals surface area contributed by atoms with E-state index in [1.54, 1.807) is 12.1 Å². The van der Waals surface area contributed by atoms with Gasteiger partial charge in [-0.1, -0.05) is 12.2 Å². The standard InChI is InChI=1S/C10H7F3N4S/c11-10(12,13)6-4-16-17(5-6)9-7(8(14)18)2-1-3-15-9/h1-5H,(H2,14,18). The van der Waals surface area contributed by atoms with E-state index in [2.05, 4.69) is 10.1 Å². The van der Waals surface area contributed by atoms with Crippen molar-refractivity contribution in [3.05, 3.63) is 41.9 Å². The summed E-state index contributed by atoms with van der Waals surface area (Å²) in [4.78, 5) is 3.97. The molecule has 2 N–H and O–H groups in total. The number of nitrogens with two attached hydrogens (primary N) is 1. The van der Waals surface area contributed by atoms with Gasteiger partial charge in [0.1, 0.15) is 4.99 Å². The van der Waals surface area contributed by atoms with Crippen LogP contribution in [0.2, 0.25) is 0 Å². The van der Waals surface area contributed by atoms with Crippen molar-refractivity contribution in [2.45, 2.75) is 6.18 Å². The first-order valence-electron chi connectivity index (χ1n) is 4.76. The topological polar surface area (TPSA) is 56.7 Å². The Kier molecular flexibility index (Phi) is 3.04. The highest BCUT2D eigenvalue weighted by atomic mass is 32.1. The average Bonchev–Trinajstić information content (AvgIpc) is 2.77. The SMILES string of the molecule is NC(=S)c1cccnc1-n1cc(C(F)(F)F)cn1. The molecule has 0 aromatic carbocycles. The molecule has 0 radical (unpaired) electrons. The van der Waals surface area contributed by atoms with Crippen molar-refractivity contribution >= 4 is 17.2 Å². The first-order chi connectivity index (χ1) is 8.39. The fraction of sp³-hybridized carbons (Fsp3) is 0.100. The van der Waals surface area contributed by atoms with Crippen molar-refractivity contribution in [1.82, 2.24) is 14.8 Å². The fourth-order valence-corrected chi connectivity index (χ4v) is 1.52. The van der Waals surface area contributed by atoms with Crippen molar-refractivity contribution in [1.29, 1.82) is 0 Å². The first-order valence-corrected chi connectivity index (χ1v) is 5.17. The van der Waals surface area contributed by atoms with Crippen molar-refractivity contribution < 1.29 is 13.2 Å². The van der Waals surface area contributed by atoms with E-state index in [0.717, 1.165) is 17.1 Å². The van der Waals surface area contributed by atoms with Crippen LogP contribution in [0, 0.1) is 0 Å². The maximum absolute atomic E-state index is 12.5. The molecule has 18 heavy (non-hydrogen) atoms. The molecule has 2 heterocycles. The third-order valence-corrected chi connectivity index (χ3v) is 2.40. The Balaban J connectivity index is 2.50. The Hall–Kier alpha value is -1.96. The van der Waals surface area contributed by atoms with E-state index in [9.17, 15) is 13.2 Å². The van der Waals surface area contributed by atoms with Gasteiger partial charge in [0.05, 0.1) is 17.3 Å². The van der Waals surface area contributed by atoms with Gasteiger partial charge < -0.3 is 5.73 Å². The summed E-state index contributed by atoms with van der Waals surface area (Å²) in [6.07, 6.45) is -1.47. The summed E-state index contributed by atoms with van der Waals surface area (Å²) in [5.41, 5.74) is 4.98. The van der Waals surface area contributed by atoms with Crippen LogP contribution in [0.5, 0.6) is 0 Å². The zero-order valence-electron chi connectivity index (χ0n) is 8.85. The molecule has 0 unspecified atom stereocenters. The molecule has 0 bridgehead atoms. The number of hydrogen-bond acceptors (Lipinski definition) is 3. The molecule has 0 aliphatic carbocycles. The van der Waals surface area contributed by atoms with Crippen LogP contribution in [0.4, 0.5) is 13.2 Å². The van der Waals surface area contributed by atoms with Gasteiger partial charge >= 0.3 is 6.18 Å². The van der Waals surface area contributed by atoms with Crippen LogP contribution in [0.25, 0.3) is 5.82 Å². The lowest BCUT2D eigenvalue weighted by molar-refractivity contribution is -0.137. The zero-order chi connectivity index (χ0) is 13.3. The van der Waals surface area contributed by atoms with Gasteiger partial charge in [0, 0.05) is 12.4 Å². The molecule has 4 nitrogen and oxygen atoms in total. The molecule has 0 saturated heterocycles. The number of halogens is 3. The van der Waals surface area contributed by atoms with Crippen LogP contribution >= 0.6 is 12.2 Å². The molecule has 0 amide bonds. The molecule has 94 valence electrons. The molecule has 0 saturated carbocycles. The van der Waals surface area contributed by atoms with E-state index in [4.69, 9.17) is 18.0 Å². The van der Waals surface area contributed by atoms with Gasteiger partial charge in [-0.3, -0.25) is 0 Å². The Bertz CT molecular complexity index is 591. The monoisotopic (exact) mass is 272 g/mol. The second-order valence-corrected chi connectivity index (χ2v) is 3.85. The minimum absolute atomic E-state index is 0.0437. The van der Waals surface area contributed by atoms with Crippen LogP contribution < -0.4 is 5.73 Å². The molecule has 8 heteroatoms. The minimum Gasteiger partial charge on any atom is -0.389 e. The summed E-state index contributed by atoms with van der Waals surface area (Å²) >= 11 is 4.80. The smallest absolute Gasteiger partial charge is 0.389 e. The van der Waals surface area contributed by atoms with Crippen molar-refractivity contribution in [3.8, 4) is 5.82 Å². The summed E-state index contributed by atoms with van der Waals surface area (Å²) < 4.78 is 38.4. The maximum Gasteiger partial charge on any atom is 0.419 e.